The fourth-order valence-electron chi connectivity index (χ4n) is 2.86. The molecule has 1 aliphatic heterocycles. The molecule has 1 saturated heterocycles. The second kappa shape index (κ2) is 8.78. The molecule has 0 spiro atoms. The highest BCUT2D eigenvalue weighted by molar-refractivity contribution is 7.80. The molecule has 1 heterocycles. The van der Waals surface area contributed by atoms with Gasteiger partial charge < -0.3 is 15.0 Å². The number of anilines is 2. The highest BCUT2D eigenvalue weighted by Crippen LogP contribution is 2.17. The Morgan fingerprint density at radius 3 is 2.54 bits per heavy atom. The van der Waals surface area contributed by atoms with Crippen LogP contribution in [0.15, 0.2) is 47.6 Å². The fraction of sp³-hybridized carbons (Fsp3) is 0.300. The molecule has 2 N–H and O–H groups in total. The number of hydrazone groups is 1. The minimum absolute atomic E-state index is 0.470. The van der Waals surface area contributed by atoms with Gasteiger partial charge in [0.15, 0.2) is 5.11 Å². The number of aryl methyl sites for hydroxylation is 2. The molecule has 5 nitrogen and oxygen atoms in total. The monoisotopic (exact) mass is 368 g/mol. The van der Waals surface area contributed by atoms with Gasteiger partial charge >= 0.3 is 0 Å². The summed E-state index contributed by atoms with van der Waals surface area (Å²) in [6.07, 6.45) is 1.76. The van der Waals surface area contributed by atoms with Gasteiger partial charge in [0.05, 0.1) is 19.4 Å². The number of nitrogens with one attached hydrogen (secondary N) is 2. The van der Waals surface area contributed by atoms with Crippen LogP contribution in [0.3, 0.4) is 0 Å². The lowest BCUT2D eigenvalue weighted by Crippen LogP contribution is -2.36. The van der Waals surface area contributed by atoms with Crippen LogP contribution >= 0.6 is 12.2 Å². The predicted octanol–water partition coefficient (Wildman–Crippen LogP) is 3.46. The standard InChI is InChI=1S/C20H24N4OS/c1-15-3-8-19(16(2)13-15)22-20(26)23-21-14-17-4-6-18(7-5-17)24-9-11-25-12-10-24/h3-8,13-14H,9-12H2,1-2H3,(H2,22,23,26). The molecule has 0 saturated carbocycles. The van der Waals surface area contributed by atoms with Crippen molar-refractivity contribution < 1.29 is 4.74 Å². The predicted molar refractivity (Wildman–Crippen MR) is 112 cm³/mol. The van der Waals surface area contributed by atoms with E-state index in [9.17, 15) is 0 Å². The van der Waals surface area contributed by atoms with Gasteiger partial charge in [0, 0.05) is 24.5 Å². The van der Waals surface area contributed by atoms with Crippen molar-refractivity contribution in [3.05, 3.63) is 59.2 Å². The molecule has 0 aliphatic carbocycles. The first-order valence-electron chi connectivity index (χ1n) is 8.72. The van der Waals surface area contributed by atoms with Gasteiger partial charge in [-0.15, -0.1) is 0 Å². The highest BCUT2D eigenvalue weighted by atomic mass is 32.1. The van der Waals surface area contributed by atoms with Gasteiger partial charge in [-0.3, -0.25) is 5.43 Å². The summed E-state index contributed by atoms with van der Waals surface area (Å²) in [4.78, 5) is 2.33. The number of morpholine rings is 1. The molecule has 3 rings (SSSR count). The second-order valence-electron chi connectivity index (χ2n) is 6.33. The van der Waals surface area contributed by atoms with Crippen molar-refractivity contribution in [1.82, 2.24) is 5.43 Å². The average molecular weight is 369 g/mol. The van der Waals surface area contributed by atoms with Gasteiger partial charge in [-0.2, -0.15) is 5.10 Å². The van der Waals surface area contributed by atoms with E-state index < -0.39 is 0 Å². The Hall–Kier alpha value is -2.44. The Morgan fingerprint density at radius 1 is 1.12 bits per heavy atom. The van der Waals surface area contributed by atoms with Crippen molar-refractivity contribution in [3.63, 3.8) is 0 Å². The Balaban J connectivity index is 1.52. The second-order valence-corrected chi connectivity index (χ2v) is 6.74. The van der Waals surface area contributed by atoms with Gasteiger partial charge in [0.1, 0.15) is 0 Å². The van der Waals surface area contributed by atoms with Crippen LogP contribution in [-0.2, 0) is 4.74 Å². The first-order valence-corrected chi connectivity index (χ1v) is 9.13. The molecule has 1 fully saturated rings. The maximum atomic E-state index is 5.39. The van der Waals surface area contributed by atoms with E-state index in [0.717, 1.165) is 43.1 Å². The lowest BCUT2D eigenvalue weighted by atomic mass is 10.1. The van der Waals surface area contributed by atoms with Crippen LogP contribution in [0.2, 0.25) is 0 Å². The van der Waals surface area contributed by atoms with Crippen LogP contribution < -0.4 is 15.6 Å². The minimum atomic E-state index is 0.470. The zero-order valence-corrected chi connectivity index (χ0v) is 16.0. The van der Waals surface area contributed by atoms with E-state index in [1.807, 2.05) is 6.07 Å². The van der Waals surface area contributed by atoms with Gasteiger partial charge in [-0.25, -0.2) is 0 Å². The van der Waals surface area contributed by atoms with E-state index in [1.165, 1.54) is 11.3 Å². The van der Waals surface area contributed by atoms with E-state index in [4.69, 9.17) is 17.0 Å². The Labute approximate surface area is 160 Å². The smallest absolute Gasteiger partial charge is 0.191 e. The largest absolute Gasteiger partial charge is 0.378 e. The van der Waals surface area contributed by atoms with Gasteiger partial charge in [-0.1, -0.05) is 29.8 Å². The Kier molecular flexibility index (Phi) is 6.20. The third kappa shape index (κ3) is 5.03. The van der Waals surface area contributed by atoms with Crippen molar-refractivity contribution in [1.29, 1.82) is 0 Å². The molecule has 2 aromatic rings. The van der Waals surface area contributed by atoms with Crippen molar-refractivity contribution in [3.8, 4) is 0 Å². The SMILES string of the molecule is Cc1ccc(NC(=S)NN=Cc2ccc(N3CCOCC3)cc2)c(C)c1. The number of hydrogen-bond acceptors (Lipinski definition) is 4. The molecular weight excluding hydrogens is 344 g/mol. The molecular formula is C20H24N4OS. The molecule has 2 aromatic carbocycles. The summed E-state index contributed by atoms with van der Waals surface area (Å²) in [5.41, 5.74) is 8.45. The van der Waals surface area contributed by atoms with Crippen LogP contribution in [0, 0.1) is 13.8 Å². The number of benzene rings is 2. The van der Waals surface area contributed by atoms with Crippen LogP contribution in [0.4, 0.5) is 11.4 Å². The first kappa shape index (κ1) is 18.4. The Bertz CT molecular complexity index is 783. The molecule has 0 bridgehead atoms. The number of rotatable bonds is 4. The van der Waals surface area contributed by atoms with E-state index in [0.29, 0.717) is 5.11 Å². The van der Waals surface area contributed by atoms with Crippen molar-refractivity contribution in [2.24, 2.45) is 5.10 Å². The fourth-order valence-corrected chi connectivity index (χ4v) is 3.02. The molecule has 136 valence electrons. The van der Waals surface area contributed by atoms with Crippen LogP contribution in [0.5, 0.6) is 0 Å². The van der Waals surface area contributed by atoms with Gasteiger partial charge in [0.2, 0.25) is 0 Å². The highest BCUT2D eigenvalue weighted by Gasteiger charge is 2.10. The zero-order valence-electron chi connectivity index (χ0n) is 15.2. The molecule has 1 aliphatic rings. The summed E-state index contributed by atoms with van der Waals surface area (Å²) in [5.74, 6) is 0. The number of ether oxygens (including phenoxy) is 1. The molecule has 0 radical (unpaired) electrons. The number of thiocarbonyl (C=S) groups is 1. The van der Waals surface area contributed by atoms with Crippen LogP contribution in [0.1, 0.15) is 16.7 Å². The maximum Gasteiger partial charge on any atom is 0.191 e. The third-order valence-electron chi connectivity index (χ3n) is 4.28. The molecule has 26 heavy (non-hydrogen) atoms. The summed E-state index contributed by atoms with van der Waals surface area (Å²) in [5, 5.41) is 7.85. The molecule has 0 atom stereocenters. The summed E-state index contributed by atoms with van der Waals surface area (Å²) < 4.78 is 5.39. The quantitative estimate of drug-likeness (QED) is 0.492. The molecule has 0 amide bonds. The van der Waals surface area contributed by atoms with Crippen molar-refractivity contribution in [2.75, 3.05) is 36.5 Å². The minimum Gasteiger partial charge on any atom is -0.378 e. The maximum absolute atomic E-state index is 5.39. The van der Waals surface area contributed by atoms with E-state index in [2.05, 4.69) is 71.0 Å². The summed E-state index contributed by atoms with van der Waals surface area (Å²) in [7, 11) is 0. The van der Waals surface area contributed by atoms with E-state index in [1.54, 1.807) is 6.21 Å². The lowest BCUT2D eigenvalue weighted by molar-refractivity contribution is 0.122. The molecule has 0 aromatic heterocycles. The summed E-state index contributed by atoms with van der Waals surface area (Å²) in [6, 6.07) is 14.5. The molecule has 6 heteroatoms. The Morgan fingerprint density at radius 2 is 1.85 bits per heavy atom. The average Bonchev–Trinajstić information content (AvgIpc) is 2.65. The molecule has 0 unspecified atom stereocenters. The van der Waals surface area contributed by atoms with E-state index >= 15 is 0 Å². The number of hydrogen-bond donors (Lipinski definition) is 2. The number of nitrogens with zero attached hydrogens (tertiary/aromatic N) is 2. The van der Waals surface area contributed by atoms with Crippen molar-refractivity contribution >= 4 is 34.9 Å². The van der Waals surface area contributed by atoms with Crippen LogP contribution in [-0.4, -0.2) is 37.6 Å². The summed E-state index contributed by atoms with van der Waals surface area (Å²) in [6.45, 7) is 7.58. The van der Waals surface area contributed by atoms with Gasteiger partial charge in [0.25, 0.3) is 0 Å². The topological polar surface area (TPSA) is 48.9 Å². The first-order chi connectivity index (χ1) is 12.6. The summed E-state index contributed by atoms with van der Waals surface area (Å²) >= 11 is 5.30. The third-order valence-corrected chi connectivity index (χ3v) is 4.47. The lowest BCUT2D eigenvalue weighted by Gasteiger charge is -2.28. The zero-order chi connectivity index (χ0) is 18.4. The van der Waals surface area contributed by atoms with E-state index in [-0.39, 0.29) is 0 Å². The normalized spacial score (nSPS) is 14.5. The van der Waals surface area contributed by atoms with Crippen molar-refractivity contribution in [2.45, 2.75) is 13.8 Å². The van der Waals surface area contributed by atoms with Gasteiger partial charge in [-0.05, 0) is 55.4 Å². The van der Waals surface area contributed by atoms with Crippen LogP contribution in [0.25, 0.3) is 0 Å².